The number of carbonyl (C=O) groups excluding carboxylic acids is 1. The van der Waals surface area contributed by atoms with E-state index in [0.29, 0.717) is 5.13 Å². The summed E-state index contributed by atoms with van der Waals surface area (Å²) in [6.07, 6.45) is 0. The lowest BCUT2D eigenvalue weighted by molar-refractivity contribution is 0.102. The van der Waals surface area contributed by atoms with Crippen LogP contribution in [-0.4, -0.2) is 24.5 Å². The van der Waals surface area contributed by atoms with E-state index in [-0.39, 0.29) is 10.5 Å². The number of anilines is 1. The Hall–Kier alpha value is -2.62. The quantitative estimate of drug-likeness (QED) is 0.660. The summed E-state index contributed by atoms with van der Waals surface area (Å²) in [6.45, 7) is 3.54. The van der Waals surface area contributed by atoms with Crippen molar-refractivity contribution < 1.29 is 13.2 Å². The van der Waals surface area contributed by atoms with Gasteiger partial charge in [0.1, 0.15) is 5.01 Å². The molecule has 0 fully saturated rings. The number of sulfonamides is 1. The number of nitrogens with one attached hydrogen (secondary N) is 2. The van der Waals surface area contributed by atoms with Gasteiger partial charge in [-0.1, -0.05) is 47.7 Å². The molecule has 2 N–H and O–H groups in total. The Labute approximate surface area is 161 Å². The Morgan fingerprint density at radius 3 is 2.48 bits per heavy atom. The zero-order valence-electron chi connectivity index (χ0n) is 14.7. The fraction of sp³-hybridized carbons (Fsp3) is 0.167. The number of hydrogen-bond donors (Lipinski definition) is 2. The van der Waals surface area contributed by atoms with Crippen molar-refractivity contribution in [3.63, 3.8) is 0 Å². The number of aryl methyl sites for hydroxylation is 1. The molecule has 3 aromatic rings. The molecule has 1 atom stereocenters. The fourth-order valence-corrected chi connectivity index (χ4v) is 4.30. The minimum atomic E-state index is -3.79. The summed E-state index contributed by atoms with van der Waals surface area (Å²) in [6, 6.07) is 14.7. The number of nitrogens with zero attached hydrogens (tertiary/aromatic N) is 2. The summed E-state index contributed by atoms with van der Waals surface area (Å²) in [4.78, 5) is 12.4. The van der Waals surface area contributed by atoms with Gasteiger partial charge in [0.15, 0.2) is 0 Å². The molecule has 1 heterocycles. The lowest BCUT2D eigenvalue weighted by Crippen LogP contribution is -2.27. The van der Waals surface area contributed by atoms with Gasteiger partial charge in [-0.05, 0) is 37.6 Å². The highest BCUT2D eigenvalue weighted by molar-refractivity contribution is 7.89. The molecule has 1 unspecified atom stereocenters. The third-order valence-electron chi connectivity index (χ3n) is 3.78. The molecule has 1 aromatic heterocycles. The van der Waals surface area contributed by atoms with Gasteiger partial charge in [-0.2, -0.15) is 0 Å². The van der Waals surface area contributed by atoms with E-state index in [1.54, 1.807) is 19.9 Å². The van der Waals surface area contributed by atoms with Gasteiger partial charge in [0.25, 0.3) is 5.91 Å². The summed E-state index contributed by atoms with van der Waals surface area (Å²) in [5, 5.41) is 11.4. The van der Waals surface area contributed by atoms with Crippen molar-refractivity contribution in [1.82, 2.24) is 14.9 Å². The molecule has 7 nitrogen and oxygen atoms in total. The van der Waals surface area contributed by atoms with Gasteiger partial charge >= 0.3 is 0 Å². The average molecular weight is 403 g/mol. The van der Waals surface area contributed by atoms with Gasteiger partial charge in [-0.3, -0.25) is 10.1 Å². The van der Waals surface area contributed by atoms with Crippen LogP contribution in [0.25, 0.3) is 0 Å². The molecule has 27 heavy (non-hydrogen) atoms. The molecule has 2 aromatic carbocycles. The van der Waals surface area contributed by atoms with Crippen molar-refractivity contribution in [2.24, 2.45) is 0 Å². The number of hydrogen-bond acceptors (Lipinski definition) is 6. The van der Waals surface area contributed by atoms with Crippen LogP contribution >= 0.6 is 11.3 Å². The first-order chi connectivity index (χ1) is 12.8. The number of aromatic nitrogens is 2. The molecule has 0 saturated carbocycles. The first-order valence-corrected chi connectivity index (χ1v) is 10.4. The maximum atomic E-state index is 12.7. The van der Waals surface area contributed by atoms with Gasteiger partial charge in [0, 0.05) is 11.6 Å². The number of amides is 1. The first kappa shape index (κ1) is 19.2. The first-order valence-electron chi connectivity index (χ1n) is 8.14. The molecule has 0 radical (unpaired) electrons. The van der Waals surface area contributed by atoms with E-state index in [0.717, 1.165) is 10.6 Å². The van der Waals surface area contributed by atoms with E-state index >= 15 is 0 Å². The van der Waals surface area contributed by atoms with Crippen molar-refractivity contribution in [1.29, 1.82) is 0 Å². The normalized spacial score (nSPS) is 12.5. The largest absolute Gasteiger partial charge is 0.296 e. The molecule has 0 bridgehead atoms. The highest BCUT2D eigenvalue weighted by atomic mass is 32.2. The van der Waals surface area contributed by atoms with Crippen molar-refractivity contribution in [3.05, 3.63) is 70.7 Å². The standard InChI is InChI=1S/C18H18N4O3S2/c1-12(14-7-4-3-5-8-14)22-27(24,25)16-10-6-9-15(11-16)17(23)19-18-21-20-13(2)26-18/h3-12,22H,1-2H3,(H,19,21,23). The van der Waals surface area contributed by atoms with Crippen molar-refractivity contribution in [2.45, 2.75) is 24.8 Å². The van der Waals surface area contributed by atoms with E-state index in [1.165, 1.54) is 29.5 Å². The predicted molar refractivity (Wildman–Crippen MR) is 104 cm³/mol. The number of benzene rings is 2. The van der Waals surface area contributed by atoms with Gasteiger partial charge in [0.05, 0.1) is 4.90 Å². The van der Waals surface area contributed by atoms with Gasteiger partial charge in [0.2, 0.25) is 15.2 Å². The van der Waals surface area contributed by atoms with Gasteiger partial charge < -0.3 is 0 Å². The number of carbonyl (C=O) groups is 1. The van der Waals surface area contributed by atoms with Crippen LogP contribution in [0.4, 0.5) is 5.13 Å². The van der Waals surface area contributed by atoms with Gasteiger partial charge in [-0.25, -0.2) is 13.1 Å². The van der Waals surface area contributed by atoms with Crippen LogP contribution in [-0.2, 0) is 10.0 Å². The lowest BCUT2D eigenvalue weighted by Gasteiger charge is -2.15. The summed E-state index contributed by atoms with van der Waals surface area (Å²) in [5.41, 5.74) is 1.07. The predicted octanol–water partition coefficient (Wildman–Crippen LogP) is 3.14. The molecule has 0 aliphatic rings. The Bertz CT molecular complexity index is 1050. The van der Waals surface area contributed by atoms with Crippen LogP contribution in [0.5, 0.6) is 0 Å². The Morgan fingerprint density at radius 1 is 1.07 bits per heavy atom. The third-order valence-corrected chi connectivity index (χ3v) is 6.08. The van der Waals surface area contributed by atoms with Crippen LogP contribution < -0.4 is 10.0 Å². The van der Waals surface area contributed by atoms with Crippen molar-refractivity contribution in [2.75, 3.05) is 5.32 Å². The van der Waals surface area contributed by atoms with Crippen LogP contribution in [0.2, 0.25) is 0 Å². The lowest BCUT2D eigenvalue weighted by atomic mass is 10.1. The van der Waals surface area contributed by atoms with Crippen molar-refractivity contribution >= 4 is 32.4 Å². The zero-order chi connectivity index (χ0) is 19.4. The molecule has 0 spiro atoms. The molecule has 3 rings (SSSR count). The second-order valence-corrected chi connectivity index (χ2v) is 8.76. The van der Waals surface area contributed by atoms with Crippen molar-refractivity contribution in [3.8, 4) is 0 Å². The maximum Gasteiger partial charge on any atom is 0.257 e. The van der Waals surface area contributed by atoms with E-state index in [1.807, 2.05) is 30.3 Å². The van der Waals surface area contributed by atoms with E-state index in [2.05, 4.69) is 20.2 Å². The summed E-state index contributed by atoms with van der Waals surface area (Å²) < 4.78 is 28.0. The second-order valence-electron chi connectivity index (χ2n) is 5.86. The number of rotatable bonds is 6. The summed E-state index contributed by atoms with van der Waals surface area (Å²) >= 11 is 1.24. The third kappa shape index (κ3) is 4.76. The fourth-order valence-electron chi connectivity index (χ4n) is 2.43. The molecule has 0 aliphatic heterocycles. The Balaban J connectivity index is 1.78. The molecule has 9 heteroatoms. The highest BCUT2D eigenvalue weighted by Crippen LogP contribution is 2.19. The molecule has 0 saturated heterocycles. The molecule has 140 valence electrons. The van der Waals surface area contributed by atoms with E-state index < -0.39 is 22.0 Å². The Kier molecular flexibility index (Phi) is 5.64. The monoisotopic (exact) mass is 402 g/mol. The molecule has 1 amide bonds. The SMILES string of the molecule is Cc1nnc(NC(=O)c2cccc(S(=O)(=O)NC(C)c3ccccc3)c2)s1. The zero-order valence-corrected chi connectivity index (χ0v) is 16.3. The van der Waals surface area contributed by atoms with E-state index in [4.69, 9.17) is 0 Å². The molecular formula is C18H18N4O3S2. The minimum Gasteiger partial charge on any atom is -0.296 e. The minimum absolute atomic E-state index is 0.0198. The molecular weight excluding hydrogens is 384 g/mol. The van der Waals surface area contributed by atoms with Crippen LogP contribution in [0.15, 0.2) is 59.5 Å². The van der Waals surface area contributed by atoms with Crippen LogP contribution in [0.1, 0.15) is 33.9 Å². The van der Waals surface area contributed by atoms with E-state index in [9.17, 15) is 13.2 Å². The topological polar surface area (TPSA) is 101 Å². The summed E-state index contributed by atoms with van der Waals surface area (Å²) in [7, 11) is -3.79. The second kappa shape index (κ2) is 7.95. The van der Waals surface area contributed by atoms with Crippen LogP contribution in [0.3, 0.4) is 0 Å². The Morgan fingerprint density at radius 2 is 1.81 bits per heavy atom. The summed E-state index contributed by atoms with van der Waals surface area (Å²) in [5.74, 6) is -0.445. The smallest absolute Gasteiger partial charge is 0.257 e. The average Bonchev–Trinajstić information content (AvgIpc) is 3.07. The maximum absolute atomic E-state index is 12.7. The highest BCUT2D eigenvalue weighted by Gasteiger charge is 2.20. The molecule has 0 aliphatic carbocycles. The van der Waals surface area contributed by atoms with Crippen LogP contribution in [0, 0.1) is 6.92 Å². The van der Waals surface area contributed by atoms with Gasteiger partial charge in [-0.15, -0.1) is 10.2 Å².